The largest absolute Gasteiger partial charge is 0.356 e. The predicted octanol–water partition coefficient (Wildman–Crippen LogP) is 0.207. The first-order valence-corrected chi connectivity index (χ1v) is 5.94. The first-order chi connectivity index (χ1) is 9.06. The van der Waals surface area contributed by atoms with Gasteiger partial charge >= 0.3 is 0 Å². The Morgan fingerprint density at radius 3 is 2.89 bits per heavy atom. The lowest BCUT2D eigenvalue weighted by Crippen LogP contribution is -2.32. The Hall–Kier alpha value is -2.44. The van der Waals surface area contributed by atoms with Gasteiger partial charge in [0.05, 0.1) is 12.1 Å². The van der Waals surface area contributed by atoms with Crippen LogP contribution in [0.4, 0.5) is 5.82 Å². The van der Waals surface area contributed by atoms with E-state index >= 15 is 0 Å². The van der Waals surface area contributed by atoms with Crippen LogP contribution >= 0.6 is 0 Å². The van der Waals surface area contributed by atoms with Gasteiger partial charge in [-0.25, -0.2) is 9.50 Å². The van der Waals surface area contributed by atoms with Crippen molar-refractivity contribution in [1.82, 2.24) is 19.5 Å². The molecule has 3 rings (SSSR count). The summed E-state index contributed by atoms with van der Waals surface area (Å²) in [7, 11) is 1.49. The SMILES string of the molecule is Cc1cc2c(NC3CC(=O)N(C)C3=O)nccn2n1. The topological polar surface area (TPSA) is 79.6 Å². The molecule has 98 valence electrons. The van der Waals surface area contributed by atoms with E-state index in [1.165, 1.54) is 7.05 Å². The fourth-order valence-electron chi connectivity index (χ4n) is 2.19. The molecule has 0 bridgehead atoms. The van der Waals surface area contributed by atoms with Crippen molar-refractivity contribution in [3.05, 3.63) is 24.2 Å². The summed E-state index contributed by atoms with van der Waals surface area (Å²) in [4.78, 5) is 28.7. The second kappa shape index (κ2) is 4.04. The Bertz CT molecular complexity index is 678. The van der Waals surface area contributed by atoms with E-state index in [2.05, 4.69) is 15.4 Å². The van der Waals surface area contributed by atoms with Crippen LogP contribution in [0, 0.1) is 6.92 Å². The third-order valence-corrected chi connectivity index (χ3v) is 3.20. The van der Waals surface area contributed by atoms with Crippen molar-refractivity contribution in [3.8, 4) is 0 Å². The highest BCUT2D eigenvalue weighted by Crippen LogP contribution is 2.20. The normalized spacial score (nSPS) is 19.5. The Labute approximate surface area is 109 Å². The van der Waals surface area contributed by atoms with Crippen molar-refractivity contribution >= 4 is 23.1 Å². The number of aromatic nitrogens is 3. The van der Waals surface area contributed by atoms with E-state index in [-0.39, 0.29) is 18.2 Å². The quantitative estimate of drug-likeness (QED) is 0.780. The molecular formula is C12H13N5O2. The predicted molar refractivity (Wildman–Crippen MR) is 67.5 cm³/mol. The zero-order valence-electron chi connectivity index (χ0n) is 10.6. The molecule has 0 saturated carbocycles. The molecule has 19 heavy (non-hydrogen) atoms. The Morgan fingerprint density at radius 1 is 1.42 bits per heavy atom. The van der Waals surface area contributed by atoms with Crippen molar-refractivity contribution in [2.24, 2.45) is 0 Å². The molecule has 2 aromatic rings. The van der Waals surface area contributed by atoms with Gasteiger partial charge in [0, 0.05) is 19.4 Å². The molecule has 0 radical (unpaired) electrons. The number of rotatable bonds is 2. The fraction of sp³-hybridized carbons (Fsp3) is 0.333. The average molecular weight is 259 g/mol. The standard InChI is InChI=1S/C12H13N5O2/c1-7-5-9-11(13-3-4-17(9)15-7)14-8-6-10(18)16(2)12(8)19/h3-5,8H,6H2,1-2H3,(H,13,14). The molecule has 3 heterocycles. The van der Waals surface area contributed by atoms with Crippen LogP contribution in [0.3, 0.4) is 0 Å². The van der Waals surface area contributed by atoms with Crippen LogP contribution in [-0.2, 0) is 9.59 Å². The lowest BCUT2D eigenvalue weighted by atomic mass is 10.2. The van der Waals surface area contributed by atoms with E-state index in [9.17, 15) is 9.59 Å². The van der Waals surface area contributed by atoms with E-state index in [0.29, 0.717) is 5.82 Å². The van der Waals surface area contributed by atoms with Crippen LogP contribution in [0.25, 0.3) is 5.52 Å². The van der Waals surface area contributed by atoms with Gasteiger partial charge in [-0.15, -0.1) is 0 Å². The van der Waals surface area contributed by atoms with Crippen molar-refractivity contribution in [2.75, 3.05) is 12.4 Å². The number of amides is 2. The molecule has 1 aliphatic rings. The summed E-state index contributed by atoms with van der Waals surface area (Å²) in [6.07, 6.45) is 3.50. The number of nitrogens with zero attached hydrogens (tertiary/aromatic N) is 4. The van der Waals surface area contributed by atoms with E-state index < -0.39 is 6.04 Å². The summed E-state index contributed by atoms with van der Waals surface area (Å²) in [5.74, 6) is 0.147. The number of hydrogen-bond acceptors (Lipinski definition) is 5. The zero-order chi connectivity index (χ0) is 13.6. The number of aryl methyl sites for hydroxylation is 1. The molecule has 7 nitrogen and oxygen atoms in total. The first kappa shape index (κ1) is 11.6. The second-order valence-electron chi connectivity index (χ2n) is 4.58. The minimum atomic E-state index is -0.550. The second-order valence-corrected chi connectivity index (χ2v) is 4.58. The third kappa shape index (κ3) is 1.83. The van der Waals surface area contributed by atoms with Crippen molar-refractivity contribution in [1.29, 1.82) is 0 Å². The van der Waals surface area contributed by atoms with Gasteiger partial charge in [-0.1, -0.05) is 0 Å². The van der Waals surface area contributed by atoms with Gasteiger partial charge in [0.2, 0.25) is 5.91 Å². The number of likely N-dealkylation sites (N-methyl/N-ethyl adjacent to an activating group) is 1. The molecule has 1 N–H and O–H groups in total. The number of imide groups is 1. The smallest absolute Gasteiger partial charge is 0.251 e. The van der Waals surface area contributed by atoms with Gasteiger partial charge in [-0.2, -0.15) is 5.10 Å². The molecule has 1 aliphatic heterocycles. The number of nitrogens with one attached hydrogen (secondary N) is 1. The summed E-state index contributed by atoms with van der Waals surface area (Å²) < 4.78 is 1.69. The van der Waals surface area contributed by atoms with Gasteiger partial charge in [0.1, 0.15) is 11.6 Å². The van der Waals surface area contributed by atoms with Gasteiger partial charge in [-0.3, -0.25) is 14.5 Å². The minimum absolute atomic E-state index is 0.158. The van der Waals surface area contributed by atoms with E-state index in [1.807, 2.05) is 13.0 Å². The molecule has 0 aromatic carbocycles. The zero-order valence-corrected chi connectivity index (χ0v) is 10.6. The molecular weight excluding hydrogens is 246 g/mol. The lowest BCUT2D eigenvalue weighted by molar-refractivity contribution is -0.136. The summed E-state index contributed by atoms with van der Waals surface area (Å²) in [5.41, 5.74) is 1.65. The summed E-state index contributed by atoms with van der Waals surface area (Å²) >= 11 is 0. The Kier molecular flexibility index (Phi) is 2.48. The van der Waals surface area contributed by atoms with Crippen LogP contribution in [0.5, 0.6) is 0 Å². The van der Waals surface area contributed by atoms with Gasteiger partial charge in [-0.05, 0) is 13.0 Å². The third-order valence-electron chi connectivity index (χ3n) is 3.20. The number of fused-ring (bicyclic) bond motifs is 1. The number of likely N-dealkylation sites (tertiary alicyclic amines) is 1. The molecule has 2 amide bonds. The van der Waals surface area contributed by atoms with Crippen molar-refractivity contribution < 1.29 is 9.59 Å². The minimum Gasteiger partial charge on any atom is -0.356 e. The van der Waals surface area contributed by atoms with Crippen LogP contribution in [0.15, 0.2) is 18.5 Å². The molecule has 1 fully saturated rings. The fourth-order valence-corrected chi connectivity index (χ4v) is 2.19. The number of carbonyl (C=O) groups is 2. The highest BCUT2D eigenvalue weighted by molar-refractivity contribution is 6.06. The van der Waals surface area contributed by atoms with Crippen LogP contribution in [0.1, 0.15) is 12.1 Å². The van der Waals surface area contributed by atoms with Gasteiger partial charge < -0.3 is 5.32 Å². The van der Waals surface area contributed by atoms with Crippen molar-refractivity contribution in [3.63, 3.8) is 0 Å². The van der Waals surface area contributed by atoms with Crippen LogP contribution < -0.4 is 5.32 Å². The maximum atomic E-state index is 11.9. The van der Waals surface area contributed by atoms with Crippen molar-refractivity contribution in [2.45, 2.75) is 19.4 Å². The summed E-state index contributed by atoms with van der Waals surface area (Å²) in [5, 5.41) is 7.30. The molecule has 0 spiro atoms. The maximum Gasteiger partial charge on any atom is 0.251 e. The first-order valence-electron chi connectivity index (χ1n) is 5.94. The lowest BCUT2D eigenvalue weighted by Gasteiger charge is -2.12. The molecule has 1 saturated heterocycles. The molecule has 1 unspecified atom stereocenters. The van der Waals surface area contributed by atoms with Gasteiger partial charge in [0.25, 0.3) is 5.91 Å². The van der Waals surface area contributed by atoms with E-state index in [0.717, 1.165) is 16.1 Å². The average Bonchev–Trinajstić information content (AvgIpc) is 2.86. The van der Waals surface area contributed by atoms with Gasteiger partial charge in [0.15, 0.2) is 5.82 Å². The Morgan fingerprint density at radius 2 is 2.21 bits per heavy atom. The molecule has 2 aromatic heterocycles. The van der Waals surface area contributed by atoms with Crippen LogP contribution in [-0.4, -0.2) is 44.4 Å². The summed E-state index contributed by atoms with van der Waals surface area (Å²) in [6, 6.07) is 1.33. The van der Waals surface area contributed by atoms with E-state index in [4.69, 9.17) is 0 Å². The molecule has 0 aliphatic carbocycles. The highest BCUT2D eigenvalue weighted by atomic mass is 16.2. The Balaban J connectivity index is 1.94. The highest BCUT2D eigenvalue weighted by Gasteiger charge is 2.36. The molecule has 1 atom stereocenters. The summed E-state index contributed by atoms with van der Waals surface area (Å²) in [6.45, 7) is 1.88. The maximum absolute atomic E-state index is 11.9. The molecule has 7 heteroatoms. The number of carbonyl (C=O) groups excluding carboxylic acids is 2. The van der Waals surface area contributed by atoms with Crippen LogP contribution in [0.2, 0.25) is 0 Å². The van der Waals surface area contributed by atoms with E-state index in [1.54, 1.807) is 16.9 Å². The monoisotopic (exact) mass is 259 g/mol. The number of anilines is 1. The number of hydrogen-bond donors (Lipinski definition) is 1.